The van der Waals surface area contributed by atoms with Crippen molar-refractivity contribution in [3.8, 4) is 5.82 Å². The van der Waals surface area contributed by atoms with Crippen LogP contribution in [0.15, 0.2) is 36.5 Å². The summed E-state index contributed by atoms with van der Waals surface area (Å²) in [7, 11) is -2.08. The standard InChI is InChI=1S/C21H26ClN5O3S/c1-4-5-6-12-23-31(29,30)25-20(28)10-8-18-15(2)24-26(3)21(18)27-13-11-16-14-17(22)7-9-19(16)27/h7-11,13-14,23H,4-6,12H2,1-3H3,(H,25,28)/b10-8+. The van der Waals surface area contributed by atoms with E-state index in [1.807, 2.05) is 60.6 Å². The molecule has 0 atom stereocenters. The highest BCUT2D eigenvalue weighted by atomic mass is 35.5. The summed E-state index contributed by atoms with van der Waals surface area (Å²) in [4.78, 5) is 12.2. The number of nitrogens with zero attached hydrogens (tertiary/aromatic N) is 3. The van der Waals surface area contributed by atoms with Gasteiger partial charge in [-0.1, -0.05) is 31.4 Å². The van der Waals surface area contributed by atoms with Crippen molar-refractivity contribution in [3.05, 3.63) is 52.8 Å². The normalized spacial score (nSPS) is 12.1. The van der Waals surface area contributed by atoms with Crippen LogP contribution in [0.25, 0.3) is 22.8 Å². The lowest BCUT2D eigenvalue weighted by molar-refractivity contribution is -0.114. The van der Waals surface area contributed by atoms with E-state index >= 15 is 0 Å². The number of rotatable bonds is 9. The molecular formula is C21H26ClN5O3S. The lowest BCUT2D eigenvalue weighted by Gasteiger charge is -2.08. The molecule has 8 nitrogen and oxygen atoms in total. The first-order valence-corrected chi connectivity index (χ1v) is 11.9. The number of benzene rings is 1. The van der Waals surface area contributed by atoms with Gasteiger partial charge in [0.2, 0.25) is 0 Å². The fourth-order valence-electron chi connectivity index (χ4n) is 3.38. The maximum atomic E-state index is 12.2. The molecule has 2 aromatic heterocycles. The number of fused-ring (bicyclic) bond motifs is 1. The molecule has 0 bridgehead atoms. The Morgan fingerprint density at radius 3 is 2.77 bits per heavy atom. The van der Waals surface area contributed by atoms with Crippen LogP contribution in [-0.2, 0) is 22.1 Å². The van der Waals surface area contributed by atoms with E-state index in [0.717, 1.165) is 36.0 Å². The van der Waals surface area contributed by atoms with Crippen LogP contribution < -0.4 is 9.44 Å². The van der Waals surface area contributed by atoms with E-state index in [2.05, 4.69) is 9.82 Å². The number of halogens is 1. The summed E-state index contributed by atoms with van der Waals surface area (Å²) in [5.41, 5.74) is 2.35. The van der Waals surface area contributed by atoms with Crippen LogP contribution in [0, 0.1) is 6.92 Å². The van der Waals surface area contributed by atoms with Gasteiger partial charge in [0.25, 0.3) is 5.91 Å². The number of aryl methyl sites for hydroxylation is 2. The second kappa shape index (κ2) is 9.67. The molecule has 31 heavy (non-hydrogen) atoms. The van der Waals surface area contributed by atoms with E-state index in [4.69, 9.17) is 11.6 Å². The minimum absolute atomic E-state index is 0.288. The van der Waals surface area contributed by atoms with Crippen molar-refractivity contribution in [3.63, 3.8) is 0 Å². The largest absolute Gasteiger partial charge is 0.301 e. The van der Waals surface area contributed by atoms with Gasteiger partial charge in [-0.15, -0.1) is 0 Å². The molecule has 0 saturated carbocycles. The zero-order chi connectivity index (χ0) is 22.6. The molecule has 0 aliphatic heterocycles. The smallest absolute Gasteiger partial charge is 0.301 e. The Labute approximate surface area is 187 Å². The average Bonchev–Trinajstić information content (AvgIpc) is 3.22. The molecule has 2 heterocycles. The van der Waals surface area contributed by atoms with E-state index in [9.17, 15) is 13.2 Å². The van der Waals surface area contributed by atoms with Crippen LogP contribution in [0.3, 0.4) is 0 Å². The number of hydrogen-bond acceptors (Lipinski definition) is 4. The lowest BCUT2D eigenvalue weighted by Crippen LogP contribution is -2.39. The molecule has 10 heteroatoms. The molecule has 0 unspecified atom stereocenters. The molecule has 3 aromatic rings. The van der Waals surface area contributed by atoms with Crippen molar-refractivity contribution < 1.29 is 13.2 Å². The highest BCUT2D eigenvalue weighted by molar-refractivity contribution is 7.88. The molecule has 166 valence electrons. The summed E-state index contributed by atoms with van der Waals surface area (Å²) in [6, 6.07) is 7.54. The molecule has 0 aliphatic rings. The van der Waals surface area contributed by atoms with E-state index in [1.165, 1.54) is 6.08 Å². The summed E-state index contributed by atoms with van der Waals surface area (Å²) in [6.45, 7) is 4.15. The van der Waals surface area contributed by atoms with Gasteiger partial charge in [-0.2, -0.15) is 18.2 Å². The van der Waals surface area contributed by atoms with Crippen LogP contribution in [0.2, 0.25) is 5.02 Å². The minimum Gasteiger partial charge on any atom is -0.301 e. The highest BCUT2D eigenvalue weighted by Crippen LogP contribution is 2.27. The number of carbonyl (C=O) groups excluding carboxylic acids is 1. The minimum atomic E-state index is -3.90. The van der Waals surface area contributed by atoms with Gasteiger partial charge in [0.05, 0.1) is 11.2 Å². The van der Waals surface area contributed by atoms with Crippen LogP contribution in [0.1, 0.15) is 37.4 Å². The van der Waals surface area contributed by atoms with Gasteiger partial charge >= 0.3 is 10.2 Å². The number of nitrogens with one attached hydrogen (secondary N) is 2. The SMILES string of the molecule is CCCCCNS(=O)(=O)NC(=O)/C=C/c1c(C)nn(C)c1-n1ccc2cc(Cl)ccc21. The Bertz CT molecular complexity index is 1230. The molecule has 0 fully saturated rings. The van der Waals surface area contributed by atoms with Gasteiger partial charge in [0.15, 0.2) is 0 Å². The zero-order valence-electron chi connectivity index (χ0n) is 17.7. The summed E-state index contributed by atoms with van der Waals surface area (Å²) >= 11 is 6.09. The first kappa shape index (κ1) is 23.1. The summed E-state index contributed by atoms with van der Waals surface area (Å²) in [5.74, 6) is 0.0146. The molecule has 0 spiro atoms. The summed E-state index contributed by atoms with van der Waals surface area (Å²) < 4.78 is 32.1. The predicted octanol–water partition coefficient (Wildman–Crippen LogP) is 3.48. The Morgan fingerprint density at radius 1 is 1.26 bits per heavy atom. The van der Waals surface area contributed by atoms with E-state index < -0.39 is 16.1 Å². The number of amides is 1. The highest BCUT2D eigenvalue weighted by Gasteiger charge is 2.16. The Hall–Kier alpha value is -2.62. The quantitative estimate of drug-likeness (QED) is 0.375. The molecule has 1 aromatic carbocycles. The van der Waals surface area contributed by atoms with Gasteiger partial charge in [-0.05, 0) is 43.7 Å². The zero-order valence-corrected chi connectivity index (χ0v) is 19.3. The maximum absolute atomic E-state index is 12.2. The molecular weight excluding hydrogens is 438 g/mol. The summed E-state index contributed by atoms with van der Waals surface area (Å²) in [6.07, 6.45) is 7.28. The molecule has 0 aliphatic carbocycles. The molecule has 3 rings (SSSR count). The lowest BCUT2D eigenvalue weighted by atomic mass is 10.2. The Balaban J connectivity index is 1.82. The van der Waals surface area contributed by atoms with Crippen LogP contribution in [0.5, 0.6) is 0 Å². The topological polar surface area (TPSA) is 98.0 Å². The number of carbonyl (C=O) groups is 1. The fourth-order valence-corrected chi connectivity index (χ4v) is 4.38. The predicted molar refractivity (Wildman–Crippen MR) is 123 cm³/mol. The third-order valence-corrected chi connectivity index (χ3v) is 6.12. The fraction of sp³-hybridized carbons (Fsp3) is 0.333. The molecule has 1 amide bonds. The van der Waals surface area contributed by atoms with E-state index in [1.54, 1.807) is 10.8 Å². The molecule has 0 saturated heterocycles. The average molecular weight is 464 g/mol. The Kier molecular flexibility index (Phi) is 7.19. The first-order valence-electron chi connectivity index (χ1n) is 10.0. The molecule has 0 radical (unpaired) electrons. The third kappa shape index (κ3) is 5.55. The monoisotopic (exact) mass is 463 g/mol. The van der Waals surface area contributed by atoms with E-state index in [-0.39, 0.29) is 6.54 Å². The first-order chi connectivity index (χ1) is 14.7. The van der Waals surface area contributed by atoms with Crippen LogP contribution in [0.4, 0.5) is 0 Å². The van der Waals surface area contributed by atoms with Crippen LogP contribution in [-0.4, -0.2) is 35.2 Å². The van der Waals surface area contributed by atoms with Crippen molar-refractivity contribution in [2.45, 2.75) is 33.1 Å². The Morgan fingerprint density at radius 2 is 2.03 bits per heavy atom. The molecule has 2 N–H and O–H groups in total. The van der Waals surface area contributed by atoms with E-state index in [0.29, 0.717) is 16.3 Å². The van der Waals surface area contributed by atoms with Gasteiger partial charge in [0, 0.05) is 41.8 Å². The van der Waals surface area contributed by atoms with Gasteiger partial charge in [0.1, 0.15) is 5.82 Å². The van der Waals surface area contributed by atoms with Gasteiger partial charge < -0.3 is 4.57 Å². The number of hydrogen-bond donors (Lipinski definition) is 2. The van der Waals surface area contributed by atoms with Crippen LogP contribution >= 0.6 is 11.6 Å². The number of unbranched alkanes of at least 4 members (excludes halogenated alkanes) is 2. The second-order valence-electron chi connectivity index (χ2n) is 7.24. The van der Waals surface area contributed by atoms with Crippen molar-refractivity contribution in [2.75, 3.05) is 6.54 Å². The van der Waals surface area contributed by atoms with Crippen molar-refractivity contribution >= 4 is 44.7 Å². The van der Waals surface area contributed by atoms with Gasteiger partial charge in [-0.3, -0.25) is 9.48 Å². The third-order valence-electron chi connectivity index (χ3n) is 4.83. The second-order valence-corrected chi connectivity index (χ2v) is 9.18. The van der Waals surface area contributed by atoms with Crippen molar-refractivity contribution in [1.82, 2.24) is 23.8 Å². The number of aromatic nitrogens is 3. The maximum Gasteiger partial charge on any atom is 0.301 e. The summed E-state index contributed by atoms with van der Waals surface area (Å²) in [5, 5.41) is 6.08. The van der Waals surface area contributed by atoms with Crippen molar-refractivity contribution in [2.24, 2.45) is 7.05 Å². The van der Waals surface area contributed by atoms with Crippen molar-refractivity contribution in [1.29, 1.82) is 0 Å². The van der Waals surface area contributed by atoms with Gasteiger partial charge in [-0.25, -0.2) is 4.72 Å².